The molecule has 2 aromatic carbocycles. The molecule has 0 fully saturated rings. The summed E-state index contributed by atoms with van der Waals surface area (Å²) in [5, 5.41) is 0. The fraction of sp³-hybridized carbons (Fsp3) is 0.282. The van der Waals surface area contributed by atoms with Crippen LogP contribution < -0.4 is 18.9 Å². The lowest BCUT2D eigenvalue weighted by Crippen LogP contribution is -2.41. The average Bonchev–Trinajstić information content (AvgIpc) is 3.98. The second-order valence-electron chi connectivity index (χ2n) is 12.1. The molecule has 10 nitrogen and oxygen atoms in total. The van der Waals surface area contributed by atoms with Gasteiger partial charge in [0.1, 0.15) is 23.6 Å². The Morgan fingerprint density at radius 1 is 0.490 bits per heavy atom. The Hall–Kier alpha value is -5.32. The standard InChI is InChI=1S/C39H38N2O8/c1-42-30-14-6-12-26-34(28-16-8-22-44-28)40(38(48-36(26)30)32-18-10-24-46-32)20-4-3-5-21-41-35(29-17-9-23-45-29)27-13-7-15-31(43-2)37(27)49-39(41)33-19-11-25-47-33/h6-19,22-25,34-35,38-39H,3-5,20-21H2,1-2H3. The molecule has 0 saturated carbocycles. The minimum atomic E-state index is -0.470. The molecule has 8 rings (SSSR count). The van der Waals surface area contributed by atoms with E-state index in [9.17, 15) is 0 Å². The van der Waals surface area contributed by atoms with E-state index in [1.807, 2.05) is 72.8 Å². The van der Waals surface area contributed by atoms with Gasteiger partial charge < -0.3 is 36.6 Å². The Balaban J connectivity index is 1.05. The number of ether oxygens (including phenoxy) is 4. The predicted molar refractivity (Wildman–Crippen MR) is 179 cm³/mol. The molecule has 0 aliphatic carbocycles. The number of furan rings is 4. The van der Waals surface area contributed by atoms with Gasteiger partial charge in [0, 0.05) is 24.2 Å². The second-order valence-corrected chi connectivity index (χ2v) is 12.1. The minimum Gasteiger partial charge on any atom is -0.493 e. The quantitative estimate of drug-likeness (QED) is 0.118. The van der Waals surface area contributed by atoms with Crippen LogP contribution in [0, 0.1) is 0 Å². The summed E-state index contributed by atoms with van der Waals surface area (Å²) in [5.41, 5.74) is 1.97. The lowest BCUT2D eigenvalue weighted by Gasteiger charge is -2.42. The van der Waals surface area contributed by atoms with Crippen molar-refractivity contribution in [3.8, 4) is 23.0 Å². The predicted octanol–water partition coefficient (Wildman–Crippen LogP) is 8.91. The van der Waals surface area contributed by atoms with Crippen LogP contribution in [-0.2, 0) is 0 Å². The SMILES string of the molecule is COc1cccc2c1OC(c1ccco1)N(CCCCCN1C(c3ccco3)Oc3c(OC)cccc3C1c1ccco1)C2c1ccco1. The number of rotatable bonds is 12. The van der Waals surface area contributed by atoms with Gasteiger partial charge in [0.2, 0.25) is 12.5 Å². The summed E-state index contributed by atoms with van der Waals surface area (Å²) in [6.45, 7) is 1.46. The van der Waals surface area contributed by atoms with Gasteiger partial charge in [0.15, 0.2) is 34.5 Å². The Labute approximate surface area is 284 Å². The van der Waals surface area contributed by atoms with E-state index >= 15 is 0 Å². The molecule has 0 spiro atoms. The minimum absolute atomic E-state index is 0.197. The zero-order chi connectivity index (χ0) is 33.2. The molecule has 4 unspecified atom stereocenters. The van der Waals surface area contributed by atoms with Crippen LogP contribution >= 0.6 is 0 Å². The molecule has 2 aliphatic rings. The Kier molecular flexibility index (Phi) is 8.63. The van der Waals surface area contributed by atoms with E-state index in [4.69, 9.17) is 36.6 Å². The highest BCUT2D eigenvalue weighted by molar-refractivity contribution is 5.52. The van der Waals surface area contributed by atoms with Crippen LogP contribution in [0.2, 0.25) is 0 Å². The highest BCUT2D eigenvalue weighted by Crippen LogP contribution is 2.51. The summed E-state index contributed by atoms with van der Waals surface area (Å²) >= 11 is 0. The van der Waals surface area contributed by atoms with E-state index in [0.717, 1.165) is 66.5 Å². The number of hydrogen-bond donors (Lipinski definition) is 0. The molecular weight excluding hydrogens is 624 g/mol. The third kappa shape index (κ3) is 5.77. The average molecular weight is 663 g/mol. The fourth-order valence-corrected chi connectivity index (χ4v) is 7.15. The van der Waals surface area contributed by atoms with Crippen molar-refractivity contribution in [3.05, 3.63) is 144 Å². The van der Waals surface area contributed by atoms with Crippen LogP contribution in [0.15, 0.2) is 128 Å². The van der Waals surface area contributed by atoms with Crippen LogP contribution in [0.5, 0.6) is 23.0 Å². The molecule has 6 aromatic rings. The van der Waals surface area contributed by atoms with Crippen molar-refractivity contribution in [1.29, 1.82) is 0 Å². The lowest BCUT2D eigenvalue weighted by molar-refractivity contribution is -0.0444. The number of para-hydroxylation sites is 2. The van der Waals surface area contributed by atoms with E-state index < -0.39 is 12.5 Å². The molecular formula is C39H38N2O8. The largest absolute Gasteiger partial charge is 0.493 e. The number of benzene rings is 2. The van der Waals surface area contributed by atoms with Crippen LogP contribution in [0.3, 0.4) is 0 Å². The topological polar surface area (TPSA) is 96.0 Å². The van der Waals surface area contributed by atoms with Crippen LogP contribution in [0.1, 0.15) is 78.0 Å². The summed E-state index contributed by atoms with van der Waals surface area (Å²) in [6, 6.07) is 27.1. The van der Waals surface area contributed by atoms with Gasteiger partial charge in [-0.05, 0) is 73.5 Å². The molecule has 2 aliphatic heterocycles. The van der Waals surface area contributed by atoms with Crippen LogP contribution in [-0.4, -0.2) is 37.1 Å². The van der Waals surface area contributed by atoms with E-state index in [-0.39, 0.29) is 12.1 Å². The number of unbranched alkanes of at least 4 members (excludes halogenated alkanes) is 2. The molecule has 10 heteroatoms. The molecule has 0 bridgehead atoms. The first-order chi connectivity index (χ1) is 24.2. The van der Waals surface area contributed by atoms with Gasteiger partial charge in [-0.25, -0.2) is 9.80 Å². The Morgan fingerprint density at radius 2 is 0.898 bits per heavy atom. The van der Waals surface area contributed by atoms with Crippen LogP contribution in [0.4, 0.5) is 0 Å². The highest BCUT2D eigenvalue weighted by atomic mass is 16.5. The van der Waals surface area contributed by atoms with Gasteiger partial charge in [0.05, 0.1) is 39.3 Å². The van der Waals surface area contributed by atoms with Crippen molar-refractivity contribution in [2.75, 3.05) is 27.3 Å². The summed E-state index contributed by atoms with van der Waals surface area (Å²) in [5.74, 6) is 5.83. The van der Waals surface area contributed by atoms with Gasteiger partial charge >= 0.3 is 0 Å². The normalized spacial score (nSPS) is 20.6. The first kappa shape index (κ1) is 31.0. The summed E-state index contributed by atoms with van der Waals surface area (Å²) in [7, 11) is 3.31. The zero-order valence-corrected chi connectivity index (χ0v) is 27.4. The van der Waals surface area contributed by atoms with E-state index in [1.54, 1.807) is 39.3 Å². The summed E-state index contributed by atoms with van der Waals surface area (Å²) in [4.78, 5) is 4.62. The monoisotopic (exact) mass is 662 g/mol. The van der Waals surface area contributed by atoms with Crippen molar-refractivity contribution < 1.29 is 36.6 Å². The smallest absolute Gasteiger partial charge is 0.212 e. The highest BCUT2D eigenvalue weighted by Gasteiger charge is 2.43. The molecule has 0 radical (unpaired) electrons. The number of hydrogen-bond acceptors (Lipinski definition) is 10. The van der Waals surface area contributed by atoms with Crippen molar-refractivity contribution in [3.63, 3.8) is 0 Å². The van der Waals surface area contributed by atoms with Crippen molar-refractivity contribution in [2.45, 2.75) is 43.8 Å². The molecule has 0 amide bonds. The fourth-order valence-electron chi connectivity index (χ4n) is 7.15. The Morgan fingerprint density at radius 3 is 1.27 bits per heavy atom. The second kappa shape index (κ2) is 13.7. The van der Waals surface area contributed by atoms with Gasteiger partial charge in [0.25, 0.3) is 0 Å². The van der Waals surface area contributed by atoms with E-state index in [2.05, 4.69) is 21.9 Å². The maximum absolute atomic E-state index is 6.66. The molecule has 49 heavy (non-hydrogen) atoms. The van der Waals surface area contributed by atoms with Gasteiger partial charge in [-0.1, -0.05) is 30.7 Å². The third-order valence-electron chi connectivity index (χ3n) is 9.30. The zero-order valence-electron chi connectivity index (χ0n) is 27.4. The molecule has 4 aromatic heterocycles. The van der Waals surface area contributed by atoms with Gasteiger partial charge in [-0.3, -0.25) is 0 Å². The van der Waals surface area contributed by atoms with E-state index in [1.165, 1.54) is 0 Å². The van der Waals surface area contributed by atoms with E-state index in [0.29, 0.717) is 23.0 Å². The summed E-state index contributed by atoms with van der Waals surface area (Å²) in [6.07, 6.45) is 8.57. The number of nitrogens with zero attached hydrogens (tertiary/aromatic N) is 2. The molecule has 252 valence electrons. The molecule has 0 saturated heterocycles. The third-order valence-corrected chi connectivity index (χ3v) is 9.30. The maximum atomic E-state index is 6.66. The van der Waals surface area contributed by atoms with Crippen molar-refractivity contribution in [2.24, 2.45) is 0 Å². The van der Waals surface area contributed by atoms with Crippen molar-refractivity contribution >= 4 is 0 Å². The lowest BCUT2D eigenvalue weighted by atomic mass is 9.97. The van der Waals surface area contributed by atoms with Crippen LogP contribution in [0.25, 0.3) is 0 Å². The number of fused-ring (bicyclic) bond motifs is 2. The first-order valence-corrected chi connectivity index (χ1v) is 16.6. The molecule has 4 atom stereocenters. The maximum Gasteiger partial charge on any atom is 0.212 e. The molecule has 6 heterocycles. The number of methoxy groups -OCH3 is 2. The summed E-state index contributed by atoms with van der Waals surface area (Å²) < 4.78 is 48.7. The Bertz CT molecular complexity index is 1780. The van der Waals surface area contributed by atoms with Gasteiger partial charge in [-0.2, -0.15) is 0 Å². The molecule has 0 N–H and O–H groups in total. The first-order valence-electron chi connectivity index (χ1n) is 16.6. The van der Waals surface area contributed by atoms with Crippen molar-refractivity contribution in [1.82, 2.24) is 9.80 Å². The van der Waals surface area contributed by atoms with Gasteiger partial charge in [-0.15, -0.1) is 0 Å².